The van der Waals surface area contributed by atoms with Gasteiger partial charge in [-0.05, 0) is 66.8 Å². The number of fused-ring (bicyclic) bond motifs is 2. The molecule has 46 heavy (non-hydrogen) atoms. The molecule has 2 heterocycles. The van der Waals surface area contributed by atoms with Crippen LogP contribution in [-0.4, -0.2) is 34.0 Å². The SMILES string of the molecule is COCCCN1/C(=C/C=C2\CCC(/C=C/c3sc4ccccc4[n+]3CCCOC)=C2Oc2ccccc2[N+]#N)Sc2ccccc21. The summed E-state index contributed by atoms with van der Waals surface area (Å²) >= 11 is 3.58. The summed E-state index contributed by atoms with van der Waals surface area (Å²) in [6, 6.07) is 24.4. The van der Waals surface area contributed by atoms with Crippen molar-refractivity contribution in [3.05, 3.63) is 123 Å². The number of allylic oxidation sites excluding steroid dienone is 5. The number of diazo groups is 1. The number of nitrogens with zero attached hydrogens (tertiary/aromatic N) is 4. The maximum Gasteiger partial charge on any atom is 0.426 e. The van der Waals surface area contributed by atoms with Crippen molar-refractivity contribution in [2.24, 2.45) is 0 Å². The van der Waals surface area contributed by atoms with Crippen LogP contribution >= 0.6 is 23.1 Å². The first kappa shape index (κ1) is 31.8. The van der Waals surface area contributed by atoms with E-state index in [1.807, 2.05) is 18.2 Å². The van der Waals surface area contributed by atoms with Gasteiger partial charge in [0.25, 0.3) is 5.01 Å². The second kappa shape index (κ2) is 15.4. The van der Waals surface area contributed by atoms with Gasteiger partial charge in [-0.25, -0.2) is 0 Å². The van der Waals surface area contributed by atoms with E-state index in [-0.39, 0.29) is 0 Å². The molecule has 234 valence electrons. The Hall–Kier alpha value is -4.20. The molecule has 0 bridgehead atoms. The standard InChI is InChI=1S/C37H38N4O3S2/c1-42-25-9-23-40-30-12-4-7-15-33(30)45-35(40)21-19-27-17-18-28(37(27)44-32-14-6-3-11-29(32)39-38)20-22-36-41(24-10-26-43-2)31-13-5-8-16-34(31)46-36/h3-8,11-16,19-22H,9-10,17-18,23-26H2,1-2H3/q+2. The number of thiazole rings is 1. The zero-order valence-electron chi connectivity index (χ0n) is 26.2. The van der Waals surface area contributed by atoms with Gasteiger partial charge in [0, 0.05) is 56.9 Å². The molecule has 9 heteroatoms. The highest BCUT2D eigenvalue weighted by Crippen LogP contribution is 2.46. The van der Waals surface area contributed by atoms with Crippen LogP contribution in [0.2, 0.25) is 0 Å². The number of thioether (sulfide) groups is 1. The van der Waals surface area contributed by atoms with Crippen LogP contribution in [0.15, 0.2) is 118 Å². The first-order valence-corrected chi connectivity index (χ1v) is 17.2. The average Bonchev–Trinajstić information content (AvgIpc) is 3.76. The van der Waals surface area contributed by atoms with E-state index in [2.05, 4.69) is 87.3 Å². The predicted octanol–water partition coefficient (Wildman–Crippen LogP) is 9.27. The first-order chi connectivity index (χ1) is 22.7. The maximum atomic E-state index is 9.68. The number of aryl methyl sites for hydroxylation is 1. The fraction of sp³-hybridized carbons (Fsp3) is 0.270. The molecule has 0 saturated carbocycles. The number of aromatic nitrogens is 1. The minimum atomic E-state index is 0.398. The third-order valence-electron chi connectivity index (χ3n) is 8.02. The van der Waals surface area contributed by atoms with Gasteiger partial charge >= 0.3 is 5.69 Å². The van der Waals surface area contributed by atoms with E-state index in [1.54, 1.807) is 43.4 Å². The molecule has 1 aliphatic heterocycles. The van der Waals surface area contributed by atoms with E-state index in [4.69, 9.17) is 14.2 Å². The van der Waals surface area contributed by atoms with Gasteiger partial charge in [-0.3, -0.25) is 0 Å². The normalized spacial score (nSPS) is 16.3. The lowest BCUT2D eigenvalue weighted by Crippen LogP contribution is -2.35. The molecule has 0 atom stereocenters. The highest BCUT2D eigenvalue weighted by atomic mass is 32.2. The Balaban J connectivity index is 1.36. The largest absolute Gasteiger partial charge is 0.448 e. The van der Waals surface area contributed by atoms with Gasteiger partial charge in [0.05, 0.1) is 17.3 Å². The molecule has 7 nitrogen and oxygen atoms in total. The molecule has 4 aromatic rings. The Morgan fingerprint density at radius 3 is 2.54 bits per heavy atom. The molecule has 0 saturated heterocycles. The molecule has 0 N–H and O–H groups in total. The summed E-state index contributed by atoms with van der Waals surface area (Å²) in [5.74, 6) is 1.33. The Morgan fingerprint density at radius 1 is 0.891 bits per heavy atom. The van der Waals surface area contributed by atoms with Crippen LogP contribution in [0.4, 0.5) is 11.4 Å². The van der Waals surface area contributed by atoms with Crippen LogP contribution in [0, 0.1) is 5.39 Å². The van der Waals surface area contributed by atoms with Crippen LogP contribution in [0.25, 0.3) is 21.3 Å². The van der Waals surface area contributed by atoms with E-state index in [0.29, 0.717) is 11.4 Å². The van der Waals surface area contributed by atoms with E-state index in [9.17, 15) is 5.39 Å². The van der Waals surface area contributed by atoms with Crippen molar-refractivity contribution in [2.75, 3.05) is 38.9 Å². The Kier molecular flexibility index (Phi) is 10.6. The summed E-state index contributed by atoms with van der Waals surface area (Å²) in [5.41, 5.74) is 5.08. The number of para-hydroxylation sites is 3. The maximum absolute atomic E-state index is 9.68. The lowest BCUT2D eigenvalue weighted by atomic mass is 10.2. The Labute approximate surface area is 278 Å². The van der Waals surface area contributed by atoms with E-state index >= 15 is 0 Å². The fourth-order valence-electron chi connectivity index (χ4n) is 5.78. The molecular formula is C37H38N4O3S2+2. The van der Waals surface area contributed by atoms with Crippen molar-refractivity contribution in [1.29, 1.82) is 5.39 Å². The highest BCUT2D eigenvalue weighted by Gasteiger charge is 2.27. The molecule has 0 fully saturated rings. The second-order valence-electron chi connectivity index (χ2n) is 11.0. The topological polar surface area (TPSA) is 63.0 Å². The van der Waals surface area contributed by atoms with Crippen molar-refractivity contribution >= 4 is 50.8 Å². The second-order valence-corrected chi connectivity index (χ2v) is 13.2. The molecule has 2 aliphatic rings. The summed E-state index contributed by atoms with van der Waals surface area (Å²) < 4.78 is 20.9. The first-order valence-electron chi connectivity index (χ1n) is 15.6. The van der Waals surface area contributed by atoms with Crippen LogP contribution in [-0.2, 0) is 16.0 Å². The minimum absolute atomic E-state index is 0.398. The number of ether oxygens (including phenoxy) is 3. The number of hydrogen-bond acceptors (Lipinski definition) is 7. The minimum Gasteiger partial charge on any atom is -0.448 e. The molecule has 0 spiro atoms. The van der Waals surface area contributed by atoms with Gasteiger partial charge in [0.15, 0.2) is 11.5 Å². The zero-order chi connectivity index (χ0) is 31.7. The average molecular weight is 651 g/mol. The van der Waals surface area contributed by atoms with Crippen molar-refractivity contribution in [1.82, 2.24) is 0 Å². The lowest BCUT2D eigenvalue weighted by Gasteiger charge is -2.20. The molecular weight excluding hydrogens is 613 g/mol. The number of benzene rings is 3. The lowest BCUT2D eigenvalue weighted by molar-refractivity contribution is -0.669. The van der Waals surface area contributed by atoms with Crippen molar-refractivity contribution < 1.29 is 18.8 Å². The molecule has 0 amide bonds. The molecule has 1 aliphatic carbocycles. The molecule has 1 aromatic heterocycles. The molecule has 0 unspecified atom stereocenters. The molecule has 0 radical (unpaired) electrons. The van der Waals surface area contributed by atoms with Crippen molar-refractivity contribution in [3.63, 3.8) is 0 Å². The van der Waals surface area contributed by atoms with Gasteiger partial charge in [0.1, 0.15) is 10.5 Å². The van der Waals surface area contributed by atoms with E-state index < -0.39 is 0 Å². The third kappa shape index (κ3) is 7.11. The van der Waals surface area contributed by atoms with E-state index in [1.165, 1.54) is 30.8 Å². The molecule has 3 aromatic carbocycles. The third-order valence-corrected chi connectivity index (χ3v) is 10.3. The van der Waals surface area contributed by atoms with Crippen LogP contribution in [0.5, 0.6) is 5.75 Å². The van der Waals surface area contributed by atoms with Gasteiger partial charge in [0.2, 0.25) is 16.7 Å². The Morgan fingerprint density at radius 2 is 1.67 bits per heavy atom. The monoisotopic (exact) mass is 650 g/mol. The van der Waals surface area contributed by atoms with Crippen molar-refractivity contribution in [3.8, 4) is 5.75 Å². The predicted molar refractivity (Wildman–Crippen MR) is 188 cm³/mol. The summed E-state index contributed by atoms with van der Waals surface area (Å²) in [6.45, 7) is 3.20. The number of methoxy groups -OCH3 is 2. The number of hydrogen-bond donors (Lipinski definition) is 0. The van der Waals surface area contributed by atoms with Gasteiger partial charge in [-0.15, -0.1) is 0 Å². The summed E-state index contributed by atoms with van der Waals surface area (Å²) in [6.07, 6.45) is 12.4. The van der Waals surface area contributed by atoms with Gasteiger partial charge < -0.3 is 19.1 Å². The smallest absolute Gasteiger partial charge is 0.426 e. The molecule has 6 rings (SSSR count). The van der Waals surface area contributed by atoms with Crippen molar-refractivity contribution in [2.45, 2.75) is 37.1 Å². The zero-order valence-corrected chi connectivity index (χ0v) is 27.9. The van der Waals surface area contributed by atoms with Crippen LogP contribution < -0.4 is 14.2 Å². The van der Waals surface area contributed by atoms with Crippen LogP contribution in [0.3, 0.4) is 0 Å². The van der Waals surface area contributed by atoms with Gasteiger partial charge in [-0.1, -0.05) is 65.6 Å². The van der Waals surface area contributed by atoms with E-state index in [0.717, 1.165) is 68.9 Å². The summed E-state index contributed by atoms with van der Waals surface area (Å²) in [7, 11) is 3.50. The summed E-state index contributed by atoms with van der Waals surface area (Å²) in [5, 5.41) is 12.0. The fourth-order valence-corrected chi connectivity index (χ4v) is 7.96. The Bertz CT molecular complexity index is 1870. The highest BCUT2D eigenvalue weighted by molar-refractivity contribution is 8.03. The van der Waals surface area contributed by atoms with Crippen LogP contribution in [0.1, 0.15) is 30.7 Å². The van der Waals surface area contributed by atoms with Gasteiger partial charge in [-0.2, -0.15) is 4.57 Å². The number of rotatable bonds is 13. The summed E-state index contributed by atoms with van der Waals surface area (Å²) in [4.78, 5) is 7.11. The number of anilines is 1. The quantitative estimate of drug-likeness (QED) is 0.0817.